The molecule has 8 nitrogen and oxygen atoms in total. The predicted molar refractivity (Wildman–Crippen MR) is 100 cm³/mol. The molecule has 2 saturated heterocycles. The van der Waals surface area contributed by atoms with Gasteiger partial charge < -0.3 is 25.4 Å². The van der Waals surface area contributed by atoms with Gasteiger partial charge in [-0.05, 0) is 25.0 Å². The molecular formula is C18H24N6O2. The molecule has 4 rings (SSSR count). The van der Waals surface area contributed by atoms with E-state index in [4.69, 9.17) is 25.2 Å². The van der Waals surface area contributed by atoms with Gasteiger partial charge in [0, 0.05) is 50.2 Å². The zero-order valence-corrected chi connectivity index (χ0v) is 14.7. The molecule has 0 saturated carbocycles. The number of nitrogens with zero attached hydrogens (tertiary/aromatic N) is 4. The normalized spacial score (nSPS) is 18.7. The van der Waals surface area contributed by atoms with Gasteiger partial charge in [-0.25, -0.2) is 9.97 Å². The molecule has 4 heterocycles. The molecule has 0 aliphatic carbocycles. The third kappa shape index (κ3) is 4.03. The van der Waals surface area contributed by atoms with Crippen LogP contribution in [0.4, 0.5) is 17.6 Å². The Morgan fingerprint density at radius 1 is 1.04 bits per heavy atom. The molecule has 0 amide bonds. The van der Waals surface area contributed by atoms with E-state index in [2.05, 4.69) is 15.2 Å². The second-order valence-electron chi connectivity index (χ2n) is 6.54. The van der Waals surface area contributed by atoms with Crippen LogP contribution in [0.3, 0.4) is 0 Å². The summed E-state index contributed by atoms with van der Waals surface area (Å²) in [5.41, 5.74) is 7.47. The van der Waals surface area contributed by atoms with Crippen LogP contribution >= 0.6 is 0 Å². The fourth-order valence-electron chi connectivity index (χ4n) is 3.17. The summed E-state index contributed by atoms with van der Waals surface area (Å²) in [6.45, 7) is 4.54. The number of nitrogens with one attached hydrogen (secondary N) is 1. The quantitative estimate of drug-likeness (QED) is 0.851. The van der Waals surface area contributed by atoms with Gasteiger partial charge in [-0.15, -0.1) is 0 Å². The Bertz CT molecular complexity index is 727. The molecule has 0 atom stereocenters. The number of hydrogen-bond acceptors (Lipinski definition) is 8. The van der Waals surface area contributed by atoms with Gasteiger partial charge in [-0.3, -0.25) is 0 Å². The van der Waals surface area contributed by atoms with E-state index in [-0.39, 0.29) is 0 Å². The molecule has 138 valence electrons. The lowest BCUT2D eigenvalue weighted by molar-refractivity contribution is 0.0904. The molecule has 2 aliphatic heterocycles. The zero-order valence-electron chi connectivity index (χ0n) is 14.7. The van der Waals surface area contributed by atoms with Gasteiger partial charge in [0.25, 0.3) is 0 Å². The SMILES string of the molecule is Nc1ccc(-c2cc(NC3CCOCC3)nc(N3CCOCC3)n2)cn1. The standard InChI is InChI=1S/C18H24N6O2/c19-16-2-1-13(12-20-16)15-11-17(21-14-3-7-25-8-4-14)23-18(22-15)24-5-9-26-10-6-24/h1-2,11-12,14H,3-10H2,(H2,19,20)(H,21,22,23). The third-order valence-corrected chi connectivity index (χ3v) is 4.66. The van der Waals surface area contributed by atoms with Gasteiger partial charge in [0.15, 0.2) is 0 Å². The van der Waals surface area contributed by atoms with Crippen LogP contribution in [0, 0.1) is 0 Å². The first-order chi connectivity index (χ1) is 12.8. The highest BCUT2D eigenvalue weighted by Crippen LogP contribution is 2.25. The maximum Gasteiger partial charge on any atom is 0.228 e. The summed E-state index contributed by atoms with van der Waals surface area (Å²) in [6.07, 6.45) is 3.71. The van der Waals surface area contributed by atoms with Gasteiger partial charge in [0.05, 0.1) is 18.9 Å². The van der Waals surface area contributed by atoms with Crippen molar-refractivity contribution in [1.82, 2.24) is 15.0 Å². The molecule has 8 heteroatoms. The van der Waals surface area contributed by atoms with E-state index in [1.165, 1.54) is 0 Å². The predicted octanol–water partition coefficient (Wildman–Crippen LogP) is 1.55. The monoisotopic (exact) mass is 356 g/mol. The molecule has 3 N–H and O–H groups in total. The van der Waals surface area contributed by atoms with Crippen molar-refractivity contribution in [3.8, 4) is 11.3 Å². The number of pyridine rings is 1. The van der Waals surface area contributed by atoms with Crippen molar-refractivity contribution in [2.45, 2.75) is 18.9 Å². The second-order valence-corrected chi connectivity index (χ2v) is 6.54. The summed E-state index contributed by atoms with van der Waals surface area (Å²) in [7, 11) is 0. The molecule has 0 radical (unpaired) electrons. The van der Waals surface area contributed by atoms with Crippen LogP contribution in [0.25, 0.3) is 11.3 Å². The number of nitrogen functional groups attached to an aromatic ring is 1. The lowest BCUT2D eigenvalue weighted by Gasteiger charge is -2.28. The summed E-state index contributed by atoms with van der Waals surface area (Å²) < 4.78 is 10.9. The van der Waals surface area contributed by atoms with Crippen molar-refractivity contribution < 1.29 is 9.47 Å². The molecular weight excluding hydrogens is 332 g/mol. The third-order valence-electron chi connectivity index (χ3n) is 4.66. The maximum absolute atomic E-state index is 5.71. The number of ether oxygens (including phenoxy) is 2. The van der Waals surface area contributed by atoms with Crippen molar-refractivity contribution in [2.24, 2.45) is 0 Å². The number of rotatable bonds is 4. The average Bonchev–Trinajstić information content (AvgIpc) is 2.70. The number of hydrogen-bond donors (Lipinski definition) is 2. The highest BCUT2D eigenvalue weighted by molar-refractivity contribution is 5.65. The molecule has 0 unspecified atom stereocenters. The summed E-state index contributed by atoms with van der Waals surface area (Å²) in [5, 5.41) is 3.55. The number of morpholine rings is 1. The lowest BCUT2D eigenvalue weighted by atomic mass is 10.1. The fraction of sp³-hybridized carbons (Fsp3) is 0.500. The molecule has 2 aromatic heterocycles. The van der Waals surface area contributed by atoms with Gasteiger partial charge >= 0.3 is 0 Å². The first-order valence-corrected chi connectivity index (χ1v) is 9.06. The van der Waals surface area contributed by atoms with Gasteiger partial charge in [0.1, 0.15) is 11.6 Å². The van der Waals surface area contributed by atoms with Gasteiger partial charge in [-0.1, -0.05) is 0 Å². The lowest BCUT2D eigenvalue weighted by Crippen LogP contribution is -2.37. The highest BCUT2D eigenvalue weighted by atomic mass is 16.5. The topological polar surface area (TPSA) is 98.4 Å². The van der Waals surface area contributed by atoms with Crippen LogP contribution in [0.5, 0.6) is 0 Å². The molecule has 26 heavy (non-hydrogen) atoms. The minimum Gasteiger partial charge on any atom is -0.384 e. The van der Waals surface area contributed by atoms with Crippen molar-refractivity contribution >= 4 is 17.6 Å². The average molecular weight is 356 g/mol. The molecule has 2 aromatic rings. The number of nitrogens with two attached hydrogens (primary N) is 1. The Hall–Kier alpha value is -2.45. The van der Waals surface area contributed by atoms with Gasteiger partial charge in [-0.2, -0.15) is 4.98 Å². The van der Waals surface area contributed by atoms with Crippen molar-refractivity contribution in [2.75, 3.05) is 55.5 Å². The van der Waals surface area contributed by atoms with Crippen LogP contribution in [0.1, 0.15) is 12.8 Å². The van der Waals surface area contributed by atoms with E-state index in [0.717, 1.165) is 62.2 Å². The van der Waals surface area contributed by atoms with E-state index in [1.54, 1.807) is 12.3 Å². The van der Waals surface area contributed by atoms with Gasteiger partial charge in [0.2, 0.25) is 5.95 Å². The molecule has 2 aliphatic rings. The molecule has 0 bridgehead atoms. The smallest absolute Gasteiger partial charge is 0.228 e. The first kappa shape index (κ1) is 17.0. The van der Waals surface area contributed by atoms with Crippen LogP contribution in [-0.4, -0.2) is 60.5 Å². The minimum absolute atomic E-state index is 0.369. The maximum atomic E-state index is 5.71. The Labute approximate surface area is 152 Å². The molecule has 0 spiro atoms. The van der Waals surface area contributed by atoms with Crippen LogP contribution < -0.4 is 16.0 Å². The van der Waals surface area contributed by atoms with E-state index in [0.29, 0.717) is 25.1 Å². The summed E-state index contributed by atoms with van der Waals surface area (Å²) in [5.74, 6) is 2.05. The number of anilines is 3. The first-order valence-electron chi connectivity index (χ1n) is 9.06. The van der Waals surface area contributed by atoms with Crippen LogP contribution in [-0.2, 0) is 9.47 Å². The number of aromatic nitrogens is 3. The Morgan fingerprint density at radius 2 is 1.81 bits per heavy atom. The van der Waals surface area contributed by atoms with E-state index >= 15 is 0 Å². The largest absolute Gasteiger partial charge is 0.384 e. The molecule has 2 fully saturated rings. The Kier molecular flexibility index (Phi) is 5.12. The second kappa shape index (κ2) is 7.84. The molecule has 0 aromatic carbocycles. The summed E-state index contributed by atoms with van der Waals surface area (Å²) in [4.78, 5) is 15.9. The van der Waals surface area contributed by atoms with E-state index in [1.807, 2.05) is 12.1 Å². The van der Waals surface area contributed by atoms with Crippen molar-refractivity contribution in [3.05, 3.63) is 24.4 Å². The Balaban J connectivity index is 1.65. The highest BCUT2D eigenvalue weighted by Gasteiger charge is 2.19. The van der Waals surface area contributed by atoms with Crippen LogP contribution in [0.15, 0.2) is 24.4 Å². The van der Waals surface area contributed by atoms with Crippen molar-refractivity contribution in [1.29, 1.82) is 0 Å². The van der Waals surface area contributed by atoms with E-state index < -0.39 is 0 Å². The Morgan fingerprint density at radius 3 is 2.54 bits per heavy atom. The minimum atomic E-state index is 0.369. The fourth-order valence-corrected chi connectivity index (χ4v) is 3.17. The van der Waals surface area contributed by atoms with E-state index in [9.17, 15) is 0 Å². The van der Waals surface area contributed by atoms with Crippen molar-refractivity contribution in [3.63, 3.8) is 0 Å². The summed E-state index contributed by atoms with van der Waals surface area (Å²) >= 11 is 0. The summed E-state index contributed by atoms with van der Waals surface area (Å²) in [6, 6.07) is 6.07. The zero-order chi connectivity index (χ0) is 17.8. The van der Waals surface area contributed by atoms with Crippen LogP contribution in [0.2, 0.25) is 0 Å².